The van der Waals surface area contributed by atoms with Gasteiger partial charge in [-0.05, 0) is 74.8 Å². The number of hydrogen-bond acceptors (Lipinski definition) is 2. The molecule has 0 saturated heterocycles. The molecule has 1 aliphatic rings. The molecular formula is C16H30N2. The number of allylic oxidation sites excluding steroid dienone is 3. The number of nitrogens with zero attached hydrogens (tertiary/aromatic N) is 2. The molecule has 0 aromatic rings. The van der Waals surface area contributed by atoms with Gasteiger partial charge in [-0.15, -0.1) is 0 Å². The summed E-state index contributed by atoms with van der Waals surface area (Å²) >= 11 is 0. The lowest BCUT2D eigenvalue weighted by Crippen LogP contribution is -2.44. The van der Waals surface area contributed by atoms with E-state index in [1.54, 1.807) is 0 Å². The molecule has 0 saturated carbocycles. The fourth-order valence-electron chi connectivity index (χ4n) is 2.83. The number of hydrogen-bond donors (Lipinski definition) is 0. The van der Waals surface area contributed by atoms with Gasteiger partial charge in [-0.2, -0.15) is 0 Å². The van der Waals surface area contributed by atoms with E-state index in [0.29, 0.717) is 0 Å². The molecule has 0 unspecified atom stereocenters. The van der Waals surface area contributed by atoms with Crippen LogP contribution in [0.4, 0.5) is 0 Å². The predicted molar refractivity (Wildman–Crippen MR) is 79.9 cm³/mol. The molecule has 1 aliphatic heterocycles. The van der Waals surface area contributed by atoms with Crippen LogP contribution in [0.15, 0.2) is 22.8 Å². The van der Waals surface area contributed by atoms with Crippen LogP contribution < -0.4 is 0 Å². The van der Waals surface area contributed by atoms with E-state index in [4.69, 9.17) is 0 Å². The molecule has 0 aromatic carbocycles. The highest BCUT2D eigenvalue weighted by atomic mass is 15.4. The molecule has 0 fully saturated rings. The van der Waals surface area contributed by atoms with Crippen LogP contribution in [0.3, 0.4) is 0 Å². The summed E-state index contributed by atoms with van der Waals surface area (Å²) in [7, 11) is 0. The van der Waals surface area contributed by atoms with E-state index in [0.717, 1.165) is 0 Å². The average molecular weight is 250 g/mol. The summed E-state index contributed by atoms with van der Waals surface area (Å²) in [5.74, 6) is 1.35. The second-order valence-electron chi connectivity index (χ2n) is 7.51. The van der Waals surface area contributed by atoms with Gasteiger partial charge < -0.3 is 9.80 Å². The molecule has 1 rings (SSSR count). The molecule has 104 valence electrons. The summed E-state index contributed by atoms with van der Waals surface area (Å²) in [6.45, 7) is 22.5. The van der Waals surface area contributed by atoms with Gasteiger partial charge in [0, 0.05) is 22.5 Å². The maximum absolute atomic E-state index is 2.48. The minimum atomic E-state index is 0.109. The Hall–Kier alpha value is -0.920. The molecule has 0 aliphatic carbocycles. The van der Waals surface area contributed by atoms with E-state index in [1.807, 2.05) is 0 Å². The van der Waals surface area contributed by atoms with Crippen LogP contribution >= 0.6 is 0 Å². The highest BCUT2D eigenvalue weighted by Crippen LogP contribution is 2.42. The molecule has 1 heterocycles. The first-order valence-corrected chi connectivity index (χ1v) is 6.84. The van der Waals surface area contributed by atoms with Crippen molar-refractivity contribution in [3.05, 3.63) is 22.8 Å². The zero-order valence-corrected chi connectivity index (χ0v) is 13.9. The minimum Gasteiger partial charge on any atom is -0.325 e. The zero-order valence-electron chi connectivity index (χ0n) is 13.9. The van der Waals surface area contributed by atoms with Crippen molar-refractivity contribution in [1.29, 1.82) is 0 Å². The monoisotopic (exact) mass is 250 g/mol. The predicted octanol–water partition coefficient (Wildman–Crippen LogP) is 4.70. The molecule has 0 radical (unpaired) electrons. The van der Waals surface area contributed by atoms with E-state index in [-0.39, 0.29) is 11.1 Å². The topological polar surface area (TPSA) is 6.48 Å². The molecule has 0 atom stereocenters. The highest BCUT2D eigenvalue weighted by Gasteiger charge is 2.40. The van der Waals surface area contributed by atoms with Crippen molar-refractivity contribution >= 4 is 0 Å². The lowest BCUT2D eigenvalue weighted by atomic mass is 10.0. The first-order valence-electron chi connectivity index (χ1n) is 6.84. The molecule has 0 spiro atoms. The third kappa shape index (κ3) is 2.43. The van der Waals surface area contributed by atoms with Crippen molar-refractivity contribution in [2.24, 2.45) is 0 Å². The molecule has 2 nitrogen and oxygen atoms in total. The Kier molecular flexibility index (Phi) is 3.64. The van der Waals surface area contributed by atoms with Crippen molar-refractivity contribution in [3.63, 3.8) is 0 Å². The van der Waals surface area contributed by atoms with Gasteiger partial charge in [0.05, 0.1) is 0 Å². The Morgan fingerprint density at radius 2 is 1.00 bits per heavy atom. The van der Waals surface area contributed by atoms with E-state index >= 15 is 0 Å². The quantitative estimate of drug-likeness (QED) is 0.614. The SMILES string of the molecule is CC(C)=C1N(C(C)(C)C)C(C)=C(C)N1C(C)(C)C. The van der Waals surface area contributed by atoms with Crippen LogP contribution in [0, 0.1) is 0 Å². The van der Waals surface area contributed by atoms with Gasteiger partial charge >= 0.3 is 0 Å². The van der Waals surface area contributed by atoms with E-state index in [9.17, 15) is 0 Å². The van der Waals surface area contributed by atoms with Crippen molar-refractivity contribution in [3.8, 4) is 0 Å². The van der Waals surface area contributed by atoms with Gasteiger partial charge in [0.1, 0.15) is 5.82 Å². The molecule has 0 aromatic heterocycles. The van der Waals surface area contributed by atoms with Crippen LogP contribution in [0.2, 0.25) is 0 Å². The smallest absolute Gasteiger partial charge is 0.112 e. The Morgan fingerprint density at radius 3 is 1.17 bits per heavy atom. The average Bonchev–Trinajstić information content (AvgIpc) is 2.37. The van der Waals surface area contributed by atoms with Crippen molar-refractivity contribution in [2.75, 3.05) is 0 Å². The molecular weight excluding hydrogens is 220 g/mol. The second kappa shape index (κ2) is 4.32. The van der Waals surface area contributed by atoms with Gasteiger partial charge in [0.15, 0.2) is 0 Å². The lowest BCUT2D eigenvalue weighted by Gasteiger charge is -2.42. The fraction of sp³-hybridized carbons (Fsp3) is 0.750. The molecule has 18 heavy (non-hydrogen) atoms. The Morgan fingerprint density at radius 1 is 0.722 bits per heavy atom. The third-order valence-corrected chi connectivity index (χ3v) is 3.41. The molecule has 0 amide bonds. The van der Waals surface area contributed by atoms with E-state index in [2.05, 4.69) is 79.0 Å². The molecule has 0 bridgehead atoms. The minimum absolute atomic E-state index is 0.109. The van der Waals surface area contributed by atoms with E-state index < -0.39 is 0 Å². The summed E-state index contributed by atoms with van der Waals surface area (Å²) in [4.78, 5) is 4.95. The van der Waals surface area contributed by atoms with Crippen molar-refractivity contribution < 1.29 is 0 Å². The largest absolute Gasteiger partial charge is 0.325 e. The van der Waals surface area contributed by atoms with Crippen molar-refractivity contribution in [2.45, 2.75) is 80.3 Å². The maximum Gasteiger partial charge on any atom is 0.112 e. The van der Waals surface area contributed by atoms with Crippen LogP contribution in [0.1, 0.15) is 69.2 Å². The Bertz CT molecular complexity index is 364. The van der Waals surface area contributed by atoms with Gasteiger partial charge in [0.25, 0.3) is 0 Å². The second-order valence-corrected chi connectivity index (χ2v) is 7.51. The first-order chi connectivity index (χ1) is 7.89. The normalized spacial score (nSPS) is 18.0. The van der Waals surface area contributed by atoms with Crippen molar-refractivity contribution in [1.82, 2.24) is 9.80 Å². The first kappa shape index (κ1) is 15.1. The summed E-state index contributed by atoms with van der Waals surface area (Å²) < 4.78 is 0. The molecule has 2 heteroatoms. The standard InChI is InChI=1S/C16H30N2/c1-11(2)14-17(15(5,6)7)12(3)13(4)18(14)16(8,9)10/h1-10H3. The van der Waals surface area contributed by atoms with Gasteiger partial charge in [0.2, 0.25) is 0 Å². The summed E-state index contributed by atoms with van der Waals surface area (Å²) in [6, 6.07) is 0. The van der Waals surface area contributed by atoms with Crippen LogP contribution in [-0.4, -0.2) is 20.9 Å². The summed E-state index contributed by atoms with van der Waals surface area (Å²) in [5, 5.41) is 0. The van der Waals surface area contributed by atoms with E-state index in [1.165, 1.54) is 22.8 Å². The Balaban J connectivity index is 3.48. The van der Waals surface area contributed by atoms with Gasteiger partial charge in [-0.1, -0.05) is 0 Å². The van der Waals surface area contributed by atoms with Crippen LogP contribution in [0.25, 0.3) is 0 Å². The van der Waals surface area contributed by atoms with Crippen LogP contribution in [0.5, 0.6) is 0 Å². The summed E-state index contributed by atoms with van der Waals surface area (Å²) in [6.07, 6.45) is 0. The summed E-state index contributed by atoms with van der Waals surface area (Å²) in [5.41, 5.74) is 4.33. The highest BCUT2D eigenvalue weighted by molar-refractivity contribution is 5.33. The van der Waals surface area contributed by atoms with Gasteiger partial charge in [-0.3, -0.25) is 0 Å². The lowest BCUT2D eigenvalue weighted by molar-refractivity contribution is 0.159. The number of rotatable bonds is 0. The maximum atomic E-state index is 2.48. The Labute approximate surface area is 113 Å². The van der Waals surface area contributed by atoms with Crippen LogP contribution in [-0.2, 0) is 0 Å². The van der Waals surface area contributed by atoms with Gasteiger partial charge in [-0.25, -0.2) is 0 Å². The third-order valence-electron chi connectivity index (χ3n) is 3.41. The molecule has 0 N–H and O–H groups in total. The fourth-order valence-corrected chi connectivity index (χ4v) is 2.83. The zero-order chi connectivity index (χ0) is 14.5.